The number of nitrogen functional groups attached to an aromatic ring is 1. The fourth-order valence-corrected chi connectivity index (χ4v) is 2.21. The topological polar surface area (TPSA) is 106 Å². The molecular weight excluding hydrogens is 262 g/mol. The SMILES string of the molecule is Cc1cc(CN2C(=O)CCCCC2=O)oc1C(=O)NN. The van der Waals surface area contributed by atoms with Crippen molar-refractivity contribution in [2.45, 2.75) is 39.2 Å². The zero-order valence-electron chi connectivity index (χ0n) is 11.3. The number of nitrogens with zero attached hydrogens (tertiary/aromatic N) is 1. The van der Waals surface area contributed by atoms with Crippen LogP contribution in [0.15, 0.2) is 10.5 Å². The van der Waals surface area contributed by atoms with E-state index in [1.165, 1.54) is 4.90 Å². The van der Waals surface area contributed by atoms with E-state index in [-0.39, 0.29) is 24.1 Å². The Bertz CT molecular complexity index is 532. The molecule has 3 amide bonds. The van der Waals surface area contributed by atoms with E-state index in [1.54, 1.807) is 13.0 Å². The summed E-state index contributed by atoms with van der Waals surface area (Å²) in [4.78, 5) is 36.4. The first-order valence-corrected chi connectivity index (χ1v) is 6.46. The number of rotatable bonds is 3. The van der Waals surface area contributed by atoms with E-state index in [0.29, 0.717) is 24.2 Å². The fraction of sp³-hybridized carbons (Fsp3) is 0.462. The van der Waals surface area contributed by atoms with Crippen LogP contribution < -0.4 is 11.3 Å². The number of hydrogen-bond acceptors (Lipinski definition) is 5. The van der Waals surface area contributed by atoms with Crippen molar-refractivity contribution in [1.82, 2.24) is 10.3 Å². The van der Waals surface area contributed by atoms with Crippen molar-refractivity contribution < 1.29 is 18.8 Å². The highest BCUT2D eigenvalue weighted by Gasteiger charge is 2.26. The number of nitrogens with two attached hydrogens (primary N) is 1. The Morgan fingerprint density at radius 1 is 1.35 bits per heavy atom. The quantitative estimate of drug-likeness (QED) is 0.365. The summed E-state index contributed by atoms with van der Waals surface area (Å²) in [6, 6.07) is 1.63. The average molecular weight is 279 g/mol. The first kappa shape index (κ1) is 14.3. The van der Waals surface area contributed by atoms with Gasteiger partial charge in [-0.25, -0.2) is 5.84 Å². The van der Waals surface area contributed by atoms with Gasteiger partial charge in [0, 0.05) is 18.4 Å². The molecule has 0 atom stereocenters. The monoisotopic (exact) mass is 279 g/mol. The number of imide groups is 1. The van der Waals surface area contributed by atoms with E-state index < -0.39 is 5.91 Å². The molecule has 108 valence electrons. The van der Waals surface area contributed by atoms with Gasteiger partial charge >= 0.3 is 5.91 Å². The summed E-state index contributed by atoms with van der Waals surface area (Å²) in [5.41, 5.74) is 2.60. The van der Waals surface area contributed by atoms with Crippen LogP contribution in [0, 0.1) is 6.92 Å². The predicted octanol–water partition coefficient (Wildman–Crippen LogP) is 0.621. The number of hydrazine groups is 1. The number of nitrogens with one attached hydrogen (secondary N) is 1. The highest BCUT2D eigenvalue weighted by molar-refractivity contribution is 5.96. The van der Waals surface area contributed by atoms with Crippen LogP contribution in [0.25, 0.3) is 0 Å². The van der Waals surface area contributed by atoms with Crippen molar-refractivity contribution in [3.05, 3.63) is 23.2 Å². The molecule has 0 bridgehead atoms. The van der Waals surface area contributed by atoms with Gasteiger partial charge in [0.05, 0.1) is 6.54 Å². The van der Waals surface area contributed by atoms with Gasteiger partial charge in [0.15, 0.2) is 5.76 Å². The Hall–Kier alpha value is -2.15. The summed E-state index contributed by atoms with van der Waals surface area (Å²) < 4.78 is 5.37. The molecule has 0 aliphatic carbocycles. The maximum atomic E-state index is 11.9. The summed E-state index contributed by atoms with van der Waals surface area (Å²) in [5, 5.41) is 0. The van der Waals surface area contributed by atoms with E-state index in [1.807, 2.05) is 5.43 Å². The van der Waals surface area contributed by atoms with E-state index >= 15 is 0 Å². The summed E-state index contributed by atoms with van der Waals surface area (Å²) >= 11 is 0. The van der Waals surface area contributed by atoms with Crippen LogP contribution in [-0.4, -0.2) is 22.6 Å². The van der Waals surface area contributed by atoms with Crippen molar-refractivity contribution in [3.63, 3.8) is 0 Å². The Labute approximate surface area is 116 Å². The molecule has 1 saturated heterocycles. The zero-order valence-corrected chi connectivity index (χ0v) is 11.3. The second-order valence-corrected chi connectivity index (χ2v) is 4.78. The van der Waals surface area contributed by atoms with Gasteiger partial charge in [0.2, 0.25) is 11.8 Å². The summed E-state index contributed by atoms with van der Waals surface area (Å²) in [6.45, 7) is 1.75. The standard InChI is InChI=1S/C13H17N3O4/c1-8-6-9(20-12(8)13(19)15-14)7-16-10(17)4-2-3-5-11(16)18/h6H,2-5,7,14H2,1H3,(H,15,19). The smallest absolute Gasteiger partial charge is 0.301 e. The normalized spacial score (nSPS) is 16.2. The Kier molecular flexibility index (Phi) is 4.19. The molecule has 1 aromatic heterocycles. The largest absolute Gasteiger partial charge is 0.454 e. The number of aryl methyl sites for hydroxylation is 1. The number of likely N-dealkylation sites (tertiary alicyclic amines) is 1. The Balaban J connectivity index is 2.18. The van der Waals surface area contributed by atoms with Gasteiger partial charge in [-0.15, -0.1) is 0 Å². The molecule has 1 aliphatic rings. The lowest BCUT2D eigenvalue weighted by atomic mass is 10.2. The van der Waals surface area contributed by atoms with E-state index in [4.69, 9.17) is 10.3 Å². The first-order chi connectivity index (χ1) is 9.52. The molecule has 0 radical (unpaired) electrons. The van der Waals surface area contributed by atoms with Crippen molar-refractivity contribution in [2.75, 3.05) is 0 Å². The third-order valence-electron chi connectivity index (χ3n) is 3.25. The predicted molar refractivity (Wildman–Crippen MR) is 69.1 cm³/mol. The molecule has 2 heterocycles. The molecule has 0 aromatic carbocycles. The van der Waals surface area contributed by atoms with Gasteiger partial charge < -0.3 is 4.42 Å². The molecule has 1 aromatic rings. The number of carbonyl (C=O) groups is 3. The number of hydrogen-bond donors (Lipinski definition) is 2. The molecule has 0 unspecified atom stereocenters. The summed E-state index contributed by atoms with van der Waals surface area (Å²) in [7, 11) is 0. The molecular formula is C13H17N3O4. The van der Waals surface area contributed by atoms with E-state index in [2.05, 4.69) is 0 Å². The average Bonchev–Trinajstić information content (AvgIpc) is 2.72. The lowest BCUT2D eigenvalue weighted by molar-refractivity contribution is -0.144. The first-order valence-electron chi connectivity index (χ1n) is 6.46. The van der Waals surface area contributed by atoms with Crippen LogP contribution in [-0.2, 0) is 16.1 Å². The maximum absolute atomic E-state index is 11.9. The minimum atomic E-state index is -0.540. The van der Waals surface area contributed by atoms with E-state index in [0.717, 1.165) is 12.8 Å². The molecule has 7 heteroatoms. The minimum Gasteiger partial charge on any atom is -0.454 e. The van der Waals surface area contributed by atoms with Gasteiger partial charge in [-0.1, -0.05) is 0 Å². The lowest BCUT2D eigenvalue weighted by Gasteiger charge is -2.16. The highest BCUT2D eigenvalue weighted by atomic mass is 16.4. The highest BCUT2D eigenvalue weighted by Crippen LogP contribution is 2.19. The van der Waals surface area contributed by atoms with Crippen molar-refractivity contribution >= 4 is 17.7 Å². The Morgan fingerprint density at radius 3 is 2.50 bits per heavy atom. The summed E-state index contributed by atoms with van der Waals surface area (Å²) in [5.74, 6) is 4.60. The third kappa shape index (κ3) is 2.88. The minimum absolute atomic E-state index is 0.0519. The van der Waals surface area contributed by atoms with Crippen LogP contribution in [0.2, 0.25) is 0 Å². The van der Waals surface area contributed by atoms with Gasteiger partial charge in [0.1, 0.15) is 5.76 Å². The molecule has 3 N–H and O–H groups in total. The van der Waals surface area contributed by atoms with Crippen molar-refractivity contribution in [3.8, 4) is 0 Å². The van der Waals surface area contributed by atoms with Crippen LogP contribution >= 0.6 is 0 Å². The van der Waals surface area contributed by atoms with Gasteiger partial charge in [-0.3, -0.25) is 24.7 Å². The fourth-order valence-electron chi connectivity index (χ4n) is 2.21. The van der Waals surface area contributed by atoms with Gasteiger partial charge in [0.25, 0.3) is 0 Å². The van der Waals surface area contributed by atoms with Gasteiger partial charge in [-0.2, -0.15) is 0 Å². The number of carbonyl (C=O) groups excluding carboxylic acids is 3. The number of furan rings is 1. The molecule has 0 saturated carbocycles. The van der Waals surface area contributed by atoms with E-state index in [9.17, 15) is 14.4 Å². The summed E-state index contributed by atoms with van der Waals surface area (Å²) in [6.07, 6.45) is 2.17. The molecule has 7 nitrogen and oxygen atoms in total. The second kappa shape index (κ2) is 5.87. The van der Waals surface area contributed by atoms with Gasteiger partial charge in [-0.05, 0) is 25.8 Å². The molecule has 0 spiro atoms. The number of amides is 3. The third-order valence-corrected chi connectivity index (χ3v) is 3.25. The zero-order chi connectivity index (χ0) is 14.7. The van der Waals surface area contributed by atoms with Crippen LogP contribution in [0.3, 0.4) is 0 Å². The van der Waals surface area contributed by atoms with Crippen molar-refractivity contribution in [2.24, 2.45) is 5.84 Å². The molecule has 2 rings (SSSR count). The maximum Gasteiger partial charge on any atom is 0.301 e. The molecule has 20 heavy (non-hydrogen) atoms. The Morgan fingerprint density at radius 2 is 1.95 bits per heavy atom. The molecule has 1 aliphatic heterocycles. The molecule has 1 fully saturated rings. The second-order valence-electron chi connectivity index (χ2n) is 4.78. The lowest BCUT2D eigenvalue weighted by Crippen LogP contribution is -2.34. The van der Waals surface area contributed by atoms with Crippen LogP contribution in [0.1, 0.15) is 47.6 Å². The van der Waals surface area contributed by atoms with Crippen LogP contribution in [0.5, 0.6) is 0 Å². The van der Waals surface area contributed by atoms with Crippen LogP contribution in [0.4, 0.5) is 0 Å². The van der Waals surface area contributed by atoms with Crippen molar-refractivity contribution in [1.29, 1.82) is 0 Å².